The van der Waals surface area contributed by atoms with Gasteiger partial charge >= 0.3 is 5.97 Å². The third kappa shape index (κ3) is 6.75. The third-order valence-electron chi connectivity index (χ3n) is 5.78. The molecule has 0 aliphatic carbocycles. The molecule has 3 aromatic rings. The molecule has 1 aliphatic rings. The second-order valence-corrected chi connectivity index (χ2v) is 8.27. The van der Waals surface area contributed by atoms with E-state index in [9.17, 15) is 9.90 Å². The Balaban J connectivity index is 1.53. The van der Waals surface area contributed by atoms with Crippen molar-refractivity contribution in [1.29, 1.82) is 0 Å². The first-order valence-electron chi connectivity index (χ1n) is 11.5. The van der Waals surface area contributed by atoms with E-state index in [-0.39, 0.29) is 13.2 Å². The van der Waals surface area contributed by atoms with Gasteiger partial charge in [0.25, 0.3) is 0 Å². The van der Waals surface area contributed by atoms with E-state index in [1.165, 1.54) is 7.11 Å². The van der Waals surface area contributed by atoms with Gasteiger partial charge in [-0.25, -0.2) is 4.79 Å². The second-order valence-electron chi connectivity index (χ2n) is 8.27. The van der Waals surface area contributed by atoms with Crippen molar-refractivity contribution in [2.45, 2.75) is 43.9 Å². The zero-order valence-corrected chi connectivity index (χ0v) is 19.6. The summed E-state index contributed by atoms with van der Waals surface area (Å²) in [6.07, 6.45) is -4.73. The molecule has 7 heteroatoms. The topological polar surface area (TPSA) is 83.5 Å². The van der Waals surface area contributed by atoms with Crippen LogP contribution in [-0.4, -0.2) is 55.5 Å². The minimum absolute atomic E-state index is 0.153. The lowest BCUT2D eigenvalue weighted by molar-refractivity contribution is -0.304. The predicted octanol–water partition coefficient (Wildman–Crippen LogP) is 3.75. The van der Waals surface area contributed by atoms with Gasteiger partial charge in [0.1, 0.15) is 18.3 Å². The maximum Gasteiger partial charge on any atom is 0.338 e. The molecular formula is C28H30O7. The zero-order valence-electron chi connectivity index (χ0n) is 19.6. The molecule has 3 aromatic carbocycles. The van der Waals surface area contributed by atoms with Gasteiger partial charge < -0.3 is 28.8 Å². The van der Waals surface area contributed by atoms with Gasteiger partial charge in [0.05, 0.1) is 25.4 Å². The molecule has 0 spiro atoms. The van der Waals surface area contributed by atoms with Crippen LogP contribution in [0.1, 0.15) is 21.5 Å². The fourth-order valence-electron chi connectivity index (χ4n) is 3.96. The number of aliphatic hydroxyl groups excluding tert-OH is 1. The van der Waals surface area contributed by atoms with Gasteiger partial charge in [-0.05, 0) is 23.3 Å². The van der Waals surface area contributed by atoms with Crippen LogP contribution in [0.4, 0.5) is 0 Å². The lowest BCUT2D eigenvalue weighted by Gasteiger charge is -2.43. The molecule has 1 saturated heterocycles. The number of hydrogen-bond acceptors (Lipinski definition) is 7. The van der Waals surface area contributed by atoms with Crippen molar-refractivity contribution in [3.8, 4) is 0 Å². The standard InChI is InChI=1S/C28H30O7/c1-31-28-24(29)26(35-27(30)22-15-9-4-10-16-22)25(33-18-21-13-7-3-8-14-21)23(34-28)19-32-17-20-11-5-2-6-12-20/h2-16,23-26,28-29H,17-19H2,1H3/t23-,24-,25-,26-,28+/m1/s1. The molecule has 0 bridgehead atoms. The number of aliphatic hydroxyl groups is 1. The summed E-state index contributed by atoms with van der Waals surface area (Å²) in [5, 5.41) is 11.0. The van der Waals surface area contributed by atoms with Crippen LogP contribution in [0, 0.1) is 0 Å². The highest BCUT2D eigenvalue weighted by Crippen LogP contribution is 2.28. The van der Waals surface area contributed by atoms with Crippen LogP contribution in [0.3, 0.4) is 0 Å². The number of esters is 1. The van der Waals surface area contributed by atoms with E-state index in [0.717, 1.165) is 11.1 Å². The lowest BCUT2D eigenvalue weighted by Crippen LogP contribution is -2.61. The molecule has 5 atom stereocenters. The average Bonchev–Trinajstić information content (AvgIpc) is 2.91. The van der Waals surface area contributed by atoms with E-state index in [4.69, 9.17) is 23.7 Å². The van der Waals surface area contributed by atoms with Crippen molar-refractivity contribution in [2.75, 3.05) is 13.7 Å². The van der Waals surface area contributed by atoms with E-state index in [2.05, 4.69) is 0 Å². The molecule has 184 valence electrons. The zero-order chi connectivity index (χ0) is 24.5. The smallest absolute Gasteiger partial charge is 0.338 e. The summed E-state index contributed by atoms with van der Waals surface area (Å²) in [5.74, 6) is -0.566. The Morgan fingerprint density at radius 3 is 2.00 bits per heavy atom. The van der Waals surface area contributed by atoms with Gasteiger partial charge in [-0.15, -0.1) is 0 Å². The summed E-state index contributed by atoms with van der Waals surface area (Å²) >= 11 is 0. The molecule has 1 aliphatic heterocycles. The quantitative estimate of drug-likeness (QED) is 0.445. The molecule has 0 unspecified atom stereocenters. The fourth-order valence-corrected chi connectivity index (χ4v) is 3.96. The number of benzene rings is 3. The average molecular weight is 479 g/mol. The lowest BCUT2D eigenvalue weighted by atomic mass is 9.98. The molecule has 7 nitrogen and oxygen atoms in total. The van der Waals surface area contributed by atoms with Crippen molar-refractivity contribution in [3.63, 3.8) is 0 Å². The second kappa shape index (κ2) is 12.6. The van der Waals surface area contributed by atoms with Gasteiger partial charge in [0.15, 0.2) is 12.4 Å². The minimum atomic E-state index is -1.25. The first kappa shape index (κ1) is 25.0. The first-order valence-corrected chi connectivity index (χ1v) is 11.5. The van der Waals surface area contributed by atoms with Crippen LogP contribution in [0.5, 0.6) is 0 Å². The van der Waals surface area contributed by atoms with E-state index in [0.29, 0.717) is 12.2 Å². The predicted molar refractivity (Wildman–Crippen MR) is 128 cm³/mol. The Morgan fingerprint density at radius 2 is 1.40 bits per heavy atom. The van der Waals surface area contributed by atoms with Gasteiger partial charge in [0, 0.05) is 7.11 Å². The Morgan fingerprint density at radius 1 is 0.829 bits per heavy atom. The summed E-state index contributed by atoms with van der Waals surface area (Å²) in [6.45, 7) is 0.773. The molecule has 1 N–H and O–H groups in total. The number of hydrogen-bond donors (Lipinski definition) is 1. The van der Waals surface area contributed by atoms with Crippen molar-refractivity contribution >= 4 is 5.97 Å². The maximum absolute atomic E-state index is 12.9. The molecule has 4 rings (SSSR count). The number of rotatable bonds is 10. The van der Waals surface area contributed by atoms with Crippen LogP contribution in [0.2, 0.25) is 0 Å². The van der Waals surface area contributed by atoms with E-state index < -0.39 is 36.7 Å². The van der Waals surface area contributed by atoms with Gasteiger partial charge in [-0.2, -0.15) is 0 Å². The largest absolute Gasteiger partial charge is 0.453 e. The van der Waals surface area contributed by atoms with Gasteiger partial charge in [0.2, 0.25) is 0 Å². The monoisotopic (exact) mass is 478 g/mol. The Labute approximate surface area is 205 Å². The fraction of sp³-hybridized carbons (Fsp3) is 0.321. The van der Waals surface area contributed by atoms with Crippen LogP contribution >= 0.6 is 0 Å². The highest BCUT2D eigenvalue weighted by molar-refractivity contribution is 5.89. The highest BCUT2D eigenvalue weighted by Gasteiger charge is 2.48. The Kier molecular flexibility index (Phi) is 9.00. The van der Waals surface area contributed by atoms with Crippen molar-refractivity contribution in [3.05, 3.63) is 108 Å². The Hall–Kier alpha value is -3.07. The third-order valence-corrected chi connectivity index (χ3v) is 5.78. The summed E-state index contributed by atoms with van der Waals surface area (Å²) < 4.78 is 29.3. The number of ether oxygens (including phenoxy) is 5. The van der Waals surface area contributed by atoms with Gasteiger partial charge in [-0.1, -0.05) is 78.9 Å². The van der Waals surface area contributed by atoms with E-state index >= 15 is 0 Å². The first-order chi connectivity index (χ1) is 17.2. The number of carbonyl (C=O) groups is 1. The molecular weight excluding hydrogens is 448 g/mol. The van der Waals surface area contributed by atoms with Crippen LogP contribution in [0.15, 0.2) is 91.0 Å². The van der Waals surface area contributed by atoms with Crippen molar-refractivity contribution in [1.82, 2.24) is 0 Å². The van der Waals surface area contributed by atoms with Gasteiger partial charge in [-0.3, -0.25) is 0 Å². The molecule has 1 fully saturated rings. The van der Waals surface area contributed by atoms with E-state index in [1.54, 1.807) is 24.3 Å². The summed E-state index contributed by atoms with van der Waals surface area (Å²) in [5.41, 5.74) is 2.33. The maximum atomic E-state index is 12.9. The van der Waals surface area contributed by atoms with Crippen LogP contribution in [0.25, 0.3) is 0 Å². The Bertz CT molecular complexity index is 1030. The molecule has 35 heavy (non-hydrogen) atoms. The van der Waals surface area contributed by atoms with Crippen LogP contribution < -0.4 is 0 Å². The summed E-state index contributed by atoms with van der Waals surface area (Å²) in [7, 11) is 1.43. The minimum Gasteiger partial charge on any atom is -0.453 e. The summed E-state index contributed by atoms with van der Waals surface area (Å²) in [4.78, 5) is 12.9. The molecule has 0 saturated carbocycles. The SMILES string of the molecule is CO[C@H]1O[C@H](COCc2ccccc2)[C@@H](OCc2ccccc2)[C@H](OC(=O)c2ccccc2)[C@H]1O. The highest BCUT2D eigenvalue weighted by atomic mass is 16.7. The summed E-state index contributed by atoms with van der Waals surface area (Å²) in [6, 6.07) is 28.0. The number of methoxy groups -OCH3 is 1. The molecule has 0 aromatic heterocycles. The van der Waals surface area contributed by atoms with Crippen molar-refractivity contribution in [2.24, 2.45) is 0 Å². The normalized spacial score (nSPS) is 24.1. The molecule has 0 amide bonds. The van der Waals surface area contributed by atoms with E-state index in [1.807, 2.05) is 66.7 Å². The van der Waals surface area contributed by atoms with Crippen molar-refractivity contribution < 1.29 is 33.6 Å². The molecule has 0 radical (unpaired) electrons. The van der Waals surface area contributed by atoms with Crippen LogP contribution in [-0.2, 0) is 36.9 Å². The number of carbonyl (C=O) groups excluding carboxylic acids is 1. The molecule has 1 heterocycles.